The molecule has 5 amide bonds. The Morgan fingerprint density at radius 1 is 0.875 bits per heavy atom. The van der Waals surface area contributed by atoms with Crippen LogP contribution in [0.2, 0.25) is 0 Å². The van der Waals surface area contributed by atoms with Crippen molar-refractivity contribution in [1.82, 2.24) is 20.9 Å². The van der Waals surface area contributed by atoms with E-state index in [-0.39, 0.29) is 94.4 Å². The van der Waals surface area contributed by atoms with Gasteiger partial charge in [-0.05, 0) is 6.92 Å². The zero-order valence-corrected chi connectivity index (χ0v) is 18.8. The zero-order valence-electron chi connectivity index (χ0n) is 18.8. The number of nitrogens with zero attached hydrogens (tertiary/aromatic N) is 1. The van der Waals surface area contributed by atoms with E-state index in [4.69, 9.17) is 14.2 Å². The molecule has 32 heavy (non-hydrogen) atoms. The van der Waals surface area contributed by atoms with E-state index in [9.17, 15) is 24.0 Å². The maximum atomic E-state index is 11.8. The highest BCUT2D eigenvalue weighted by Gasteiger charge is 2.35. The fourth-order valence-electron chi connectivity index (χ4n) is 2.73. The summed E-state index contributed by atoms with van der Waals surface area (Å²) in [6.45, 7) is 5.58. The summed E-state index contributed by atoms with van der Waals surface area (Å²) in [6, 6.07) is 0. The molecule has 12 heteroatoms. The molecular weight excluding hydrogens is 424 g/mol. The van der Waals surface area contributed by atoms with Crippen LogP contribution in [0, 0.1) is 5.92 Å². The fraction of sp³-hybridized carbons (Fsp3) is 0.750. The van der Waals surface area contributed by atoms with Crippen molar-refractivity contribution in [3.05, 3.63) is 0 Å². The Morgan fingerprint density at radius 2 is 1.47 bits per heavy atom. The highest BCUT2D eigenvalue weighted by atomic mass is 16.5. The van der Waals surface area contributed by atoms with Gasteiger partial charge in [0.05, 0.1) is 19.8 Å². The van der Waals surface area contributed by atoms with Crippen LogP contribution in [0.15, 0.2) is 0 Å². The average molecular weight is 459 g/mol. The Bertz CT molecular complexity index is 643. The molecule has 1 heterocycles. The van der Waals surface area contributed by atoms with E-state index in [2.05, 4.69) is 16.0 Å². The lowest BCUT2D eigenvalue weighted by atomic mass is 10.1. The molecule has 1 rings (SSSR count). The van der Waals surface area contributed by atoms with Gasteiger partial charge in [-0.2, -0.15) is 0 Å². The minimum absolute atomic E-state index is 0.0253. The van der Waals surface area contributed by atoms with Crippen LogP contribution in [0.25, 0.3) is 0 Å². The van der Waals surface area contributed by atoms with E-state index in [1.54, 1.807) is 6.92 Å². The lowest BCUT2D eigenvalue weighted by Crippen LogP contribution is -2.38. The first-order valence-corrected chi connectivity index (χ1v) is 10.7. The van der Waals surface area contributed by atoms with E-state index in [0.717, 1.165) is 4.90 Å². The van der Waals surface area contributed by atoms with Crippen LogP contribution >= 0.6 is 0 Å². The number of hydrogen-bond acceptors (Lipinski definition) is 8. The zero-order chi connectivity index (χ0) is 23.8. The Kier molecular flexibility index (Phi) is 13.8. The second kappa shape index (κ2) is 16.1. The molecule has 0 saturated carbocycles. The maximum absolute atomic E-state index is 11.8. The first kappa shape index (κ1) is 27.5. The largest absolute Gasteiger partial charge is 0.377 e. The van der Waals surface area contributed by atoms with Crippen molar-refractivity contribution in [2.75, 3.05) is 65.8 Å². The second-order valence-electron chi connectivity index (χ2n) is 7.09. The van der Waals surface area contributed by atoms with Gasteiger partial charge in [0.25, 0.3) is 0 Å². The van der Waals surface area contributed by atoms with Crippen molar-refractivity contribution in [3.8, 4) is 0 Å². The minimum atomic E-state index is -0.329. The molecule has 1 atom stereocenters. The lowest BCUT2D eigenvalue weighted by Gasteiger charge is -2.14. The Labute approximate surface area is 187 Å². The van der Waals surface area contributed by atoms with Crippen molar-refractivity contribution in [3.63, 3.8) is 0 Å². The van der Waals surface area contributed by atoms with Crippen LogP contribution in [-0.2, 0) is 38.2 Å². The molecule has 1 fully saturated rings. The third-order valence-electron chi connectivity index (χ3n) is 4.41. The number of ether oxygens (including phenoxy) is 3. The van der Waals surface area contributed by atoms with Crippen LogP contribution in [0.3, 0.4) is 0 Å². The molecule has 0 aromatic heterocycles. The predicted octanol–water partition coefficient (Wildman–Crippen LogP) is -1.81. The van der Waals surface area contributed by atoms with Crippen molar-refractivity contribution < 1.29 is 38.2 Å². The Hall–Kier alpha value is -2.57. The number of amides is 5. The third kappa shape index (κ3) is 11.7. The Morgan fingerprint density at radius 3 is 2.09 bits per heavy atom. The van der Waals surface area contributed by atoms with Gasteiger partial charge in [0, 0.05) is 51.5 Å². The van der Waals surface area contributed by atoms with E-state index >= 15 is 0 Å². The van der Waals surface area contributed by atoms with Gasteiger partial charge in [0.1, 0.15) is 13.2 Å². The summed E-state index contributed by atoms with van der Waals surface area (Å²) in [5.41, 5.74) is 0. The molecule has 1 unspecified atom stereocenters. The van der Waals surface area contributed by atoms with Crippen LogP contribution in [0.5, 0.6) is 0 Å². The van der Waals surface area contributed by atoms with E-state index in [1.807, 2.05) is 6.92 Å². The molecule has 0 aromatic carbocycles. The van der Waals surface area contributed by atoms with Gasteiger partial charge in [-0.15, -0.1) is 0 Å². The van der Waals surface area contributed by atoms with Crippen molar-refractivity contribution in [2.24, 2.45) is 5.92 Å². The van der Waals surface area contributed by atoms with Crippen LogP contribution in [0.1, 0.15) is 26.7 Å². The fourth-order valence-corrected chi connectivity index (χ4v) is 2.73. The number of imide groups is 1. The quantitative estimate of drug-likeness (QED) is 0.170. The summed E-state index contributed by atoms with van der Waals surface area (Å²) in [7, 11) is 0. The number of hydrogen-bond donors (Lipinski definition) is 3. The highest BCUT2D eigenvalue weighted by molar-refractivity contribution is 6.03. The molecule has 1 aliphatic rings. The lowest BCUT2D eigenvalue weighted by molar-refractivity contribution is -0.139. The van der Waals surface area contributed by atoms with Gasteiger partial charge in [-0.25, -0.2) is 0 Å². The van der Waals surface area contributed by atoms with Gasteiger partial charge in [-0.1, -0.05) is 6.92 Å². The molecule has 1 saturated heterocycles. The summed E-state index contributed by atoms with van der Waals surface area (Å²) in [5, 5.41) is 7.85. The SMILES string of the molecule is CCOCC(=O)NCCOCCOCC(=O)NCCNC(=O)CCN1C(=O)CC(C)C1=O. The van der Waals surface area contributed by atoms with Gasteiger partial charge in [-0.3, -0.25) is 28.9 Å². The summed E-state index contributed by atoms with van der Waals surface area (Å²) >= 11 is 0. The third-order valence-corrected chi connectivity index (χ3v) is 4.41. The first-order chi connectivity index (χ1) is 15.3. The predicted molar refractivity (Wildman–Crippen MR) is 112 cm³/mol. The number of likely N-dealkylation sites (tertiary alicyclic amines) is 1. The van der Waals surface area contributed by atoms with Crippen LogP contribution in [0.4, 0.5) is 0 Å². The first-order valence-electron chi connectivity index (χ1n) is 10.7. The summed E-state index contributed by atoms with van der Waals surface area (Å²) in [6.07, 6.45) is 0.214. The molecule has 0 aromatic rings. The van der Waals surface area contributed by atoms with E-state index in [0.29, 0.717) is 19.8 Å². The van der Waals surface area contributed by atoms with E-state index < -0.39 is 0 Å². The van der Waals surface area contributed by atoms with Gasteiger partial charge in [0.15, 0.2) is 0 Å². The number of carbonyl (C=O) groups excluding carboxylic acids is 5. The molecule has 182 valence electrons. The average Bonchev–Trinajstić information content (AvgIpc) is 3.00. The molecule has 0 bridgehead atoms. The molecule has 3 N–H and O–H groups in total. The van der Waals surface area contributed by atoms with Gasteiger partial charge in [0.2, 0.25) is 29.5 Å². The second-order valence-corrected chi connectivity index (χ2v) is 7.09. The number of nitrogens with one attached hydrogen (secondary N) is 3. The van der Waals surface area contributed by atoms with Crippen molar-refractivity contribution >= 4 is 29.5 Å². The summed E-state index contributed by atoms with van der Waals surface area (Å²) in [5.74, 6) is -1.66. The van der Waals surface area contributed by atoms with Gasteiger partial charge < -0.3 is 30.2 Å². The highest BCUT2D eigenvalue weighted by Crippen LogP contribution is 2.18. The summed E-state index contributed by atoms with van der Waals surface area (Å²) in [4.78, 5) is 59.3. The van der Waals surface area contributed by atoms with Crippen LogP contribution < -0.4 is 16.0 Å². The standard InChI is InChI=1S/C20H34N4O8/c1-3-30-13-17(26)23-7-9-31-10-11-32-14-18(27)22-6-5-21-16(25)4-8-24-19(28)12-15(2)20(24)29/h15H,3-14H2,1-2H3,(H,21,25)(H,22,27)(H,23,26). The number of rotatable bonds is 17. The minimum Gasteiger partial charge on any atom is -0.377 e. The van der Waals surface area contributed by atoms with Crippen molar-refractivity contribution in [1.29, 1.82) is 0 Å². The normalized spacial score (nSPS) is 15.7. The topological polar surface area (TPSA) is 152 Å². The van der Waals surface area contributed by atoms with E-state index in [1.165, 1.54) is 0 Å². The molecule has 0 spiro atoms. The van der Waals surface area contributed by atoms with Crippen LogP contribution in [-0.4, -0.2) is 100 Å². The molecule has 0 radical (unpaired) electrons. The monoisotopic (exact) mass is 458 g/mol. The van der Waals surface area contributed by atoms with Crippen molar-refractivity contribution in [2.45, 2.75) is 26.7 Å². The molecular formula is C20H34N4O8. The smallest absolute Gasteiger partial charge is 0.246 e. The maximum Gasteiger partial charge on any atom is 0.246 e. The Balaban J connectivity index is 1.93. The number of carbonyl (C=O) groups is 5. The van der Waals surface area contributed by atoms with Gasteiger partial charge >= 0.3 is 0 Å². The molecule has 1 aliphatic heterocycles. The molecule has 12 nitrogen and oxygen atoms in total. The summed E-state index contributed by atoms with van der Waals surface area (Å²) < 4.78 is 15.4. The molecule has 0 aliphatic carbocycles.